The number of hydrogen-bond acceptors (Lipinski definition) is 8. The third-order valence-corrected chi connectivity index (χ3v) is 4.57. The van der Waals surface area contributed by atoms with Gasteiger partial charge in [-0.25, -0.2) is 4.79 Å². The van der Waals surface area contributed by atoms with Gasteiger partial charge in [0.25, 0.3) is 5.56 Å². The molecule has 0 spiro atoms. The second-order valence-corrected chi connectivity index (χ2v) is 6.60. The van der Waals surface area contributed by atoms with Crippen LogP contribution < -0.4 is 21.9 Å². The third kappa shape index (κ3) is 5.49. The summed E-state index contributed by atoms with van der Waals surface area (Å²) in [6, 6.07) is 0. The van der Waals surface area contributed by atoms with Gasteiger partial charge in [0, 0.05) is 25.7 Å². The summed E-state index contributed by atoms with van der Waals surface area (Å²) < 4.78 is 6.48. The quantitative estimate of drug-likeness (QED) is 0.229. The van der Waals surface area contributed by atoms with E-state index >= 15 is 0 Å². The molecule has 0 aromatic carbocycles. The average Bonchev–Trinajstić information content (AvgIpc) is 2.95. The number of aromatic nitrogens is 2. The molecule has 11 nitrogen and oxygen atoms in total. The highest BCUT2D eigenvalue weighted by atomic mass is 16.6. The fraction of sp³-hybridized carbons (Fsp3) is 0.706. The lowest BCUT2D eigenvalue weighted by Crippen LogP contribution is -2.36. The van der Waals surface area contributed by atoms with Crippen LogP contribution in [0.3, 0.4) is 0 Å². The maximum atomic E-state index is 12.1. The predicted molar refractivity (Wildman–Crippen MR) is 98.8 cm³/mol. The van der Waals surface area contributed by atoms with Crippen LogP contribution >= 0.6 is 0 Å². The van der Waals surface area contributed by atoms with Gasteiger partial charge in [-0.2, -0.15) is 0 Å². The number of carbonyl (C=O) groups is 1. The SMILES string of the molecule is CCNCCCNC(=O)CCn1cc(C2OC(CO)C(O)C2O)c(=O)[nH]c1=O. The van der Waals surface area contributed by atoms with Crippen molar-refractivity contribution in [3.8, 4) is 0 Å². The summed E-state index contributed by atoms with van der Waals surface area (Å²) in [6.45, 7) is 3.66. The Morgan fingerprint density at radius 2 is 2.04 bits per heavy atom. The fourth-order valence-electron chi connectivity index (χ4n) is 2.98. The van der Waals surface area contributed by atoms with Gasteiger partial charge in [-0.05, 0) is 19.5 Å². The van der Waals surface area contributed by atoms with E-state index in [1.807, 2.05) is 6.92 Å². The van der Waals surface area contributed by atoms with Gasteiger partial charge >= 0.3 is 5.69 Å². The van der Waals surface area contributed by atoms with Crippen molar-refractivity contribution in [1.29, 1.82) is 0 Å². The Balaban J connectivity index is 2.01. The number of aryl methyl sites for hydroxylation is 1. The summed E-state index contributed by atoms with van der Waals surface area (Å²) in [5.41, 5.74) is -1.52. The van der Waals surface area contributed by atoms with Crippen LogP contribution in [0.1, 0.15) is 31.4 Å². The minimum atomic E-state index is -1.43. The summed E-state index contributed by atoms with van der Waals surface area (Å²) in [5.74, 6) is -0.232. The molecular weight excluding hydrogens is 372 g/mol. The Labute approximate surface area is 161 Å². The molecule has 4 unspecified atom stereocenters. The van der Waals surface area contributed by atoms with Crippen LogP contribution in [0.25, 0.3) is 0 Å². The van der Waals surface area contributed by atoms with E-state index in [0.717, 1.165) is 24.1 Å². The van der Waals surface area contributed by atoms with Crippen LogP contribution in [0.2, 0.25) is 0 Å². The zero-order valence-electron chi connectivity index (χ0n) is 15.8. The molecule has 1 saturated heterocycles. The van der Waals surface area contributed by atoms with Crippen LogP contribution in [0.4, 0.5) is 0 Å². The molecule has 2 rings (SSSR count). The van der Waals surface area contributed by atoms with Crippen molar-refractivity contribution in [3.63, 3.8) is 0 Å². The summed E-state index contributed by atoms with van der Waals surface area (Å²) in [7, 11) is 0. The number of nitrogens with one attached hydrogen (secondary N) is 3. The minimum absolute atomic E-state index is 0.0243. The topological polar surface area (TPSA) is 166 Å². The zero-order chi connectivity index (χ0) is 20.7. The molecule has 0 bridgehead atoms. The normalized spacial score (nSPS) is 24.4. The van der Waals surface area contributed by atoms with E-state index in [1.54, 1.807) is 0 Å². The second kappa shape index (κ2) is 10.5. The molecule has 2 heterocycles. The number of hydrogen-bond donors (Lipinski definition) is 6. The molecule has 0 radical (unpaired) electrons. The molecule has 0 aliphatic carbocycles. The van der Waals surface area contributed by atoms with Crippen LogP contribution in [-0.2, 0) is 16.1 Å². The van der Waals surface area contributed by atoms with E-state index in [-0.39, 0.29) is 24.4 Å². The highest BCUT2D eigenvalue weighted by Crippen LogP contribution is 2.31. The van der Waals surface area contributed by atoms with Crippen molar-refractivity contribution in [2.75, 3.05) is 26.2 Å². The third-order valence-electron chi connectivity index (χ3n) is 4.57. The first kappa shape index (κ1) is 22.2. The Morgan fingerprint density at radius 3 is 2.68 bits per heavy atom. The van der Waals surface area contributed by atoms with Crippen molar-refractivity contribution >= 4 is 5.91 Å². The van der Waals surface area contributed by atoms with Crippen LogP contribution in [0.5, 0.6) is 0 Å². The van der Waals surface area contributed by atoms with Crippen molar-refractivity contribution in [1.82, 2.24) is 20.2 Å². The first-order valence-corrected chi connectivity index (χ1v) is 9.32. The number of amides is 1. The Morgan fingerprint density at radius 1 is 1.29 bits per heavy atom. The Bertz CT molecular complexity index is 763. The highest BCUT2D eigenvalue weighted by molar-refractivity contribution is 5.75. The molecule has 1 aromatic heterocycles. The molecule has 1 aliphatic heterocycles. The maximum absolute atomic E-state index is 12.1. The highest BCUT2D eigenvalue weighted by Gasteiger charge is 2.44. The van der Waals surface area contributed by atoms with Gasteiger partial charge in [-0.1, -0.05) is 6.92 Å². The maximum Gasteiger partial charge on any atom is 0.328 e. The molecule has 1 aliphatic rings. The van der Waals surface area contributed by atoms with Gasteiger partial charge in [-0.3, -0.25) is 19.1 Å². The molecule has 6 N–H and O–H groups in total. The molecule has 28 heavy (non-hydrogen) atoms. The molecular formula is C17H28N4O7. The number of aromatic amines is 1. The van der Waals surface area contributed by atoms with Crippen molar-refractivity contribution in [2.24, 2.45) is 0 Å². The van der Waals surface area contributed by atoms with Gasteiger partial charge in [0.2, 0.25) is 5.91 Å². The molecule has 1 fully saturated rings. The summed E-state index contributed by atoms with van der Waals surface area (Å²) in [4.78, 5) is 38.1. The Kier molecular flexibility index (Phi) is 8.33. The minimum Gasteiger partial charge on any atom is -0.394 e. The van der Waals surface area contributed by atoms with Crippen molar-refractivity contribution in [2.45, 2.75) is 50.7 Å². The van der Waals surface area contributed by atoms with Crippen LogP contribution in [0, 0.1) is 0 Å². The summed E-state index contributed by atoms with van der Waals surface area (Å²) >= 11 is 0. The first-order chi connectivity index (χ1) is 13.4. The van der Waals surface area contributed by atoms with Gasteiger partial charge in [0.1, 0.15) is 24.4 Å². The van der Waals surface area contributed by atoms with Gasteiger partial charge in [0.15, 0.2) is 0 Å². The number of rotatable bonds is 10. The standard InChI is InChI=1S/C17H28N4O7/c1-2-18-5-3-6-19-12(23)4-7-21-8-10(16(26)20-17(21)27)15-14(25)13(24)11(9-22)28-15/h8,11,13-15,18,22,24-25H,2-7,9H2,1H3,(H,19,23)(H,20,26,27). The number of ether oxygens (including phenoxy) is 1. The lowest BCUT2D eigenvalue weighted by Gasteiger charge is -2.15. The molecule has 1 aromatic rings. The van der Waals surface area contributed by atoms with Crippen LogP contribution in [0.15, 0.2) is 15.8 Å². The molecule has 1 amide bonds. The van der Waals surface area contributed by atoms with Crippen LogP contribution in [-0.4, -0.2) is 75.3 Å². The molecule has 0 saturated carbocycles. The number of aliphatic hydroxyl groups excluding tert-OH is 3. The predicted octanol–water partition coefficient (Wildman–Crippen LogP) is -2.80. The average molecular weight is 400 g/mol. The number of carbonyl (C=O) groups excluding carboxylic acids is 1. The van der Waals surface area contributed by atoms with Gasteiger partial charge < -0.3 is 30.7 Å². The van der Waals surface area contributed by atoms with Crippen molar-refractivity contribution < 1.29 is 24.9 Å². The largest absolute Gasteiger partial charge is 0.394 e. The van der Waals surface area contributed by atoms with E-state index in [1.165, 1.54) is 6.20 Å². The summed E-state index contributed by atoms with van der Waals surface area (Å²) in [6.07, 6.45) is -2.99. The number of H-pyrrole nitrogens is 1. The number of nitrogens with zero attached hydrogens (tertiary/aromatic N) is 1. The van der Waals surface area contributed by atoms with E-state index in [0.29, 0.717) is 6.54 Å². The van der Waals surface area contributed by atoms with Gasteiger partial charge in [-0.15, -0.1) is 0 Å². The van der Waals surface area contributed by atoms with E-state index in [2.05, 4.69) is 15.6 Å². The monoisotopic (exact) mass is 400 g/mol. The Hall–Kier alpha value is -2.05. The molecule has 4 atom stereocenters. The lowest BCUT2D eigenvalue weighted by atomic mass is 10.0. The summed E-state index contributed by atoms with van der Waals surface area (Å²) in [5, 5.41) is 35.0. The second-order valence-electron chi connectivity index (χ2n) is 6.60. The smallest absolute Gasteiger partial charge is 0.328 e. The van der Waals surface area contributed by atoms with Crippen molar-refractivity contribution in [3.05, 3.63) is 32.6 Å². The van der Waals surface area contributed by atoms with E-state index in [4.69, 9.17) is 9.84 Å². The molecule has 11 heteroatoms. The van der Waals surface area contributed by atoms with Gasteiger partial charge in [0.05, 0.1) is 12.2 Å². The lowest BCUT2D eigenvalue weighted by molar-refractivity contribution is -0.121. The van der Waals surface area contributed by atoms with E-state index in [9.17, 15) is 24.6 Å². The zero-order valence-corrected chi connectivity index (χ0v) is 15.8. The number of aliphatic hydroxyl groups is 3. The first-order valence-electron chi connectivity index (χ1n) is 9.32. The fourth-order valence-corrected chi connectivity index (χ4v) is 2.98. The molecule has 158 valence electrons. The van der Waals surface area contributed by atoms with E-state index < -0.39 is 42.3 Å².